The van der Waals surface area contributed by atoms with Crippen LogP contribution in [0.1, 0.15) is 111 Å². The third kappa shape index (κ3) is 28.0. The van der Waals surface area contributed by atoms with E-state index in [-0.39, 0.29) is 46.1 Å². The topological polar surface area (TPSA) is 295 Å². The number of rotatable bonds is 25. The largest absolute Gasteiger partial charge is 0.497 e. The second-order valence-corrected chi connectivity index (χ2v) is 32.2. The molecular formula is C67H98N6O14S5. The number of alkyl carbamates (subject to hydrolysis) is 1. The van der Waals surface area contributed by atoms with Gasteiger partial charge in [-0.2, -0.15) is 24.4 Å². The molecule has 0 aromatic heterocycles. The zero-order valence-electron chi connectivity index (χ0n) is 55.9. The molecule has 3 fully saturated rings. The van der Waals surface area contributed by atoms with E-state index in [0.29, 0.717) is 6.42 Å². The number of carbonyl (C=O) groups excluding carboxylic acids is 6. The maximum absolute atomic E-state index is 12.0. The number of piperidine rings is 2. The van der Waals surface area contributed by atoms with E-state index in [9.17, 15) is 33.6 Å². The van der Waals surface area contributed by atoms with E-state index in [0.717, 1.165) is 75.2 Å². The number of hydrogen-bond acceptors (Lipinski definition) is 21. The molecular weight excluding hydrogens is 1270 g/mol. The van der Waals surface area contributed by atoms with Crippen molar-refractivity contribution in [2.24, 2.45) is 23.3 Å². The molecule has 4 aromatic carbocycles. The Bertz CT molecular complexity index is 2960. The molecule has 20 nitrogen and oxygen atoms in total. The summed E-state index contributed by atoms with van der Waals surface area (Å²) in [7, 11) is 7.79. The van der Waals surface area contributed by atoms with Gasteiger partial charge in [-0.15, -0.1) is 35.3 Å². The predicted octanol–water partition coefficient (Wildman–Crippen LogP) is 9.89. The monoisotopic (exact) mass is 1370 g/mol. The highest BCUT2D eigenvalue weighted by Gasteiger charge is 2.44. The van der Waals surface area contributed by atoms with Crippen LogP contribution >= 0.6 is 59.7 Å². The fourth-order valence-corrected chi connectivity index (χ4v) is 13.2. The third-order valence-electron chi connectivity index (χ3n) is 15.5. The Kier molecular flexibility index (Phi) is 33.7. The highest BCUT2D eigenvalue weighted by atomic mass is 32.2. The highest BCUT2D eigenvalue weighted by Crippen LogP contribution is 2.39. The molecule has 0 radical (unpaired) electrons. The molecule has 3 aliphatic heterocycles. The number of carboxylic acid groups (broad SMARTS) is 1. The molecule has 25 heteroatoms. The molecule has 9 N–H and O–H groups in total. The lowest BCUT2D eigenvalue weighted by Gasteiger charge is -2.35. The SMILES string of the molecule is CC(C)(S)C1CCCNC1.COC(=O)CNC(=O)C(N)C(C)(C)SCc1ccc(OC)cc1.COc1ccc(CSC(C)(C)C(N)C(=O)O)cc1.COc1ccc(CSC(C)(C)C2CC(=O)CNC2=O)cc1.COc1ccc(CSC(C)(C)C2NC(=O)OC2=O)cc1. The Balaban J connectivity index is 0.000000306. The molecule has 0 bridgehead atoms. The van der Waals surface area contributed by atoms with Crippen LogP contribution in [0.2, 0.25) is 0 Å². The first-order valence-corrected chi connectivity index (χ1v) is 34.4. The number of carboxylic acids is 1. The van der Waals surface area contributed by atoms with Crippen molar-refractivity contribution in [3.63, 3.8) is 0 Å². The third-order valence-corrected chi connectivity index (χ3v) is 21.8. The predicted molar refractivity (Wildman–Crippen MR) is 375 cm³/mol. The molecule has 92 heavy (non-hydrogen) atoms. The summed E-state index contributed by atoms with van der Waals surface area (Å²) in [5.41, 5.74) is 16.2. The van der Waals surface area contributed by atoms with E-state index in [2.05, 4.69) is 57.2 Å². The van der Waals surface area contributed by atoms with Crippen LogP contribution < -0.4 is 51.7 Å². The molecule has 5 unspecified atom stereocenters. The van der Waals surface area contributed by atoms with Gasteiger partial charge in [0.25, 0.3) is 0 Å². The van der Waals surface area contributed by atoms with Crippen LogP contribution in [-0.2, 0) is 61.3 Å². The summed E-state index contributed by atoms with van der Waals surface area (Å²) in [4.78, 5) is 80.2. The zero-order valence-corrected chi connectivity index (χ0v) is 60.1. The molecule has 7 rings (SSSR count). The van der Waals surface area contributed by atoms with Gasteiger partial charge in [0.05, 0.1) is 54.1 Å². The first-order chi connectivity index (χ1) is 43.1. The lowest BCUT2D eigenvalue weighted by Crippen LogP contribution is -2.52. The van der Waals surface area contributed by atoms with Gasteiger partial charge in [0.1, 0.15) is 41.6 Å². The lowest BCUT2D eigenvalue weighted by atomic mass is 9.86. The number of thioether (sulfide) groups is 4. The number of nitrogens with two attached hydrogens (primary N) is 2. The molecule has 0 saturated carbocycles. The quantitative estimate of drug-likeness (QED) is 0.0174. The molecule has 3 amide bonds. The number of methoxy groups -OCH3 is 5. The van der Waals surface area contributed by atoms with Crippen LogP contribution in [0, 0.1) is 11.8 Å². The Morgan fingerprint density at radius 1 is 0.630 bits per heavy atom. The van der Waals surface area contributed by atoms with Gasteiger partial charge in [-0.25, -0.2) is 9.59 Å². The molecule has 3 aliphatic rings. The summed E-state index contributed by atoms with van der Waals surface area (Å²) in [6, 6.07) is 28.9. The fraction of sp³-hybridized carbons (Fsp3) is 0.537. The first-order valence-electron chi connectivity index (χ1n) is 30.0. The van der Waals surface area contributed by atoms with Crippen LogP contribution in [0.15, 0.2) is 97.1 Å². The Labute approximate surface area is 566 Å². The van der Waals surface area contributed by atoms with Crippen molar-refractivity contribution >= 4 is 101 Å². The van der Waals surface area contributed by atoms with E-state index >= 15 is 0 Å². The second-order valence-electron chi connectivity index (χ2n) is 24.5. The number of ether oxygens (including phenoxy) is 6. The van der Waals surface area contributed by atoms with Crippen LogP contribution in [-0.4, -0.2) is 150 Å². The van der Waals surface area contributed by atoms with Crippen molar-refractivity contribution in [2.45, 2.75) is 153 Å². The van der Waals surface area contributed by atoms with Crippen LogP contribution in [0.4, 0.5) is 4.79 Å². The summed E-state index contributed by atoms with van der Waals surface area (Å²) in [5, 5.41) is 20.0. The number of aliphatic carboxylic acids is 1. The summed E-state index contributed by atoms with van der Waals surface area (Å²) in [6.45, 7) is 22.1. The molecule has 0 aliphatic carbocycles. The van der Waals surface area contributed by atoms with Gasteiger partial charge in [-0.3, -0.25) is 24.0 Å². The summed E-state index contributed by atoms with van der Waals surface area (Å²) in [5.74, 6) is 4.46. The van der Waals surface area contributed by atoms with Gasteiger partial charge in [-0.1, -0.05) is 62.4 Å². The molecule has 0 spiro atoms. The van der Waals surface area contributed by atoms with Gasteiger partial charge in [0.2, 0.25) is 11.8 Å². The number of ketones is 1. The number of Topliss-reactive ketones (excluding diaryl/α,β-unsaturated/α-hetero) is 1. The van der Waals surface area contributed by atoms with Crippen molar-refractivity contribution < 1.29 is 67.1 Å². The minimum atomic E-state index is -0.970. The standard InChI is InChI=1S/C16H24N2O4S.C16H21NO3S.C14H17NO4S.C13H19NO3S.C8H17NS/c1-16(2,14(17)15(20)18-9-13(19)22-4)23-10-11-5-7-12(21-3)8-6-11;1-16(2,14-8-12(18)9-17-15(14)19)21-10-11-4-6-13(20-3)7-5-11;1-14(2,11-12(16)19-13(17)15-11)20-8-9-4-6-10(18-3)7-5-9;1-13(2,11(14)12(15)16)18-8-9-4-6-10(17-3)7-5-9;1-8(2,10)7-4-3-5-9-6-7/h5-8,14H,9-10,17H2,1-4H3,(H,18,20);4-7,14H,8-10H2,1-3H3,(H,17,19);4-7,11H,8H2,1-3H3,(H,15,17);4-7,11H,8,14H2,1-3H3,(H,15,16);7,9-10H,3-6H2,1-2H3. The van der Waals surface area contributed by atoms with Crippen molar-refractivity contribution in [3.05, 3.63) is 119 Å². The summed E-state index contributed by atoms with van der Waals surface area (Å²) >= 11 is 11.0. The number of thiol groups is 1. The number of hydrogen-bond donors (Lipinski definition) is 8. The Morgan fingerprint density at radius 2 is 1.03 bits per heavy atom. The summed E-state index contributed by atoms with van der Waals surface area (Å²) in [6.07, 6.45) is 2.32. The smallest absolute Gasteiger partial charge is 0.415 e. The molecule has 3 heterocycles. The van der Waals surface area contributed by atoms with Crippen molar-refractivity contribution in [3.8, 4) is 23.0 Å². The van der Waals surface area contributed by atoms with Gasteiger partial charge in [0.15, 0.2) is 5.78 Å². The van der Waals surface area contributed by atoms with Gasteiger partial charge < -0.3 is 66.3 Å². The van der Waals surface area contributed by atoms with Crippen molar-refractivity contribution in [1.82, 2.24) is 21.3 Å². The minimum absolute atomic E-state index is 0.0122. The Hall–Kier alpha value is -5.80. The van der Waals surface area contributed by atoms with E-state index in [4.69, 9.17) is 35.5 Å². The van der Waals surface area contributed by atoms with Crippen LogP contribution in [0.25, 0.3) is 0 Å². The zero-order chi connectivity index (χ0) is 69.0. The van der Waals surface area contributed by atoms with E-state index in [1.165, 1.54) is 43.8 Å². The second kappa shape index (κ2) is 38.5. The van der Waals surface area contributed by atoms with Gasteiger partial charge >= 0.3 is 24.0 Å². The number of cyclic esters (lactones) is 2. The van der Waals surface area contributed by atoms with E-state index in [1.807, 2.05) is 152 Å². The van der Waals surface area contributed by atoms with Gasteiger partial charge in [-0.05, 0) is 158 Å². The lowest BCUT2D eigenvalue weighted by molar-refractivity contribution is -0.141. The first kappa shape index (κ1) is 80.4. The van der Waals surface area contributed by atoms with E-state index in [1.54, 1.807) is 63.7 Å². The molecule has 5 atom stereocenters. The summed E-state index contributed by atoms with van der Waals surface area (Å²) < 4.78 is 27.9. The number of nitrogens with one attached hydrogen (secondary N) is 4. The number of carbonyl (C=O) groups is 7. The van der Waals surface area contributed by atoms with Crippen molar-refractivity contribution in [2.75, 3.05) is 61.7 Å². The number of esters is 2. The van der Waals surface area contributed by atoms with E-state index < -0.39 is 56.4 Å². The molecule has 4 aromatic rings. The fourth-order valence-electron chi connectivity index (χ4n) is 8.81. The molecule has 3 saturated heterocycles. The average molecular weight is 1370 g/mol. The maximum atomic E-state index is 12.0. The number of amides is 3. The minimum Gasteiger partial charge on any atom is -0.497 e. The number of benzene rings is 4. The highest BCUT2D eigenvalue weighted by molar-refractivity contribution is 8.00. The molecule has 510 valence electrons. The van der Waals surface area contributed by atoms with Gasteiger partial charge in [0, 0.05) is 53.2 Å². The van der Waals surface area contributed by atoms with Crippen LogP contribution in [0.5, 0.6) is 23.0 Å². The normalized spacial score (nSPS) is 17.2. The average Bonchev–Trinajstić information content (AvgIpc) is 1.45. The Morgan fingerprint density at radius 3 is 1.37 bits per heavy atom. The van der Waals surface area contributed by atoms with Crippen molar-refractivity contribution in [1.29, 1.82) is 0 Å². The maximum Gasteiger partial charge on any atom is 0.415 e. The van der Waals surface area contributed by atoms with Crippen LogP contribution in [0.3, 0.4) is 0 Å².